The fourth-order valence-corrected chi connectivity index (χ4v) is 3.39. The number of benzene rings is 2. The number of hydrogen-bond acceptors (Lipinski definition) is 4. The molecule has 0 radical (unpaired) electrons. The van der Waals surface area contributed by atoms with Crippen LogP contribution in [0.15, 0.2) is 42.5 Å². The van der Waals surface area contributed by atoms with Gasteiger partial charge in [-0.05, 0) is 36.8 Å². The van der Waals surface area contributed by atoms with Crippen LogP contribution in [0.3, 0.4) is 0 Å². The third-order valence-corrected chi connectivity index (χ3v) is 5.53. The summed E-state index contributed by atoms with van der Waals surface area (Å²) in [6.07, 6.45) is 1.05. The predicted molar refractivity (Wildman–Crippen MR) is 108 cm³/mol. The molecule has 0 unspecified atom stereocenters. The van der Waals surface area contributed by atoms with Crippen LogP contribution in [-0.2, 0) is 21.4 Å². The summed E-state index contributed by atoms with van der Waals surface area (Å²) in [7, 11) is -3.63. The van der Waals surface area contributed by atoms with Gasteiger partial charge in [0.15, 0.2) is 0 Å². The maximum atomic E-state index is 12.4. The Morgan fingerprint density at radius 1 is 1.15 bits per heavy atom. The molecular weight excluding hydrogens is 411 g/mol. The van der Waals surface area contributed by atoms with Gasteiger partial charge in [-0.1, -0.05) is 41.4 Å². The molecule has 0 spiro atoms. The van der Waals surface area contributed by atoms with Gasteiger partial charge in [0.2, 0.25) is 15.9 Å². The minimum absolute atomic E-state index is 0.00372. The van der Waals surface area contributed by atoms with Gasteiger partial charge in [-0.2, -0.15) is 4.31 Å². The number of para-hydroxylation sites is 2. The van der Waals surface area contributed by atoms with Crippen LogP contribution < -0.4 is 10.1 Å². The van der Waals surface area contributed by atoms with E-state index in [0.29, 0.717) is 33.7 Å². The third-order valence-electron chi connectivity index (χ3n) is 3.59. The maximum absolute atomic E-state index is 12.4. The highest BCUT2D eigenvalue weighted by Gasteiger charge is 2.21. The van der Waals surface area contributed by atoms with E-state index in [1.165, 1.54) is 0 Å². The van der Waals surface area contributed by atoms with Crippen molar-refractivity contribution in [2.24, 2.45) is 0 Å². The van der Waals surface area contributed by atoms with Crippen molar-refractivity contribution in [3.8, 4) is 5.75 Å². The van der Waals surface area contributed by atoms with E-state index in [0.717, 1.165) is 10.6 Å². The molecule has 0 aliphatic carbocycles. The zero-order valence-electron chi connectivity index (χ0n) is 14.9. The van der Waals surface area contributed by atoms with Crippen molar-refractivity contribution in [1.82, 2.24) is 4.31 Å². The van der Waals surface area contributed by atoms with Gasteiger partial charge >= 0.3 is 0 Å². The molecule has 0 saturated heterocycles. The van der Waals surface area contributed by atoms with Crippen molar-refractivity contribution in [3.63, 3.8) is 0 Å². The van der Waals surface area contributed by atoms with Crippen LogP contribution in [0, 0.1) is 0 Å². The smallest absolute Gasteiger partial charge is 0.239 e. The first kappa shape index (κ1) is 21.5. The molecule has 9 heteroatoms. The largest absolute Gasteiger partial charge is 0.492 e. The molecule has 0 fully saturated rings. The molecule has 146 valence electrons. The first-order valence-electron chi connectivity index (χ1n) is 8.11. The number of rotatable bonds is 8. The van der Waals surface area contributed by atoms with E-state index in [-0.39, 0.29) is 13.1 Å². The number of halogens is 2. The Kier molecular flexibility index (Phi) is 7.49. The Labute approximate surface area is 169 Å². The molecule has 1 amide bonds. The standard InChI is InChI=1S/C18H20Cl2N2O4S/c1-3-26-17-7-5-4-6-16(17)21-18(23)12-22(27(2,24)25)11-13-8-9-14(19)15(20)10-13/h4-10H,3,11-12H2,1-2H3,(H,21,23). The number of carbonyl (C=O) groups is 1. The number of nitrogens with one attached hydrogen (secondary N) is 1. The van der Waals surface area contributed by atoms with Gasteiger partial charge in [-0.25, -0.2) is 8.42 Å². The molecule has 0 aliphatic heterocycles. The zero-order valence-corrected chi connectivity index (χ0v) is 17.2. The number of anilines is 1. The van der Waals surface area contributed by atoms with E-state index < -0.39 is 15.9 Å². The van der Waals surface area contributed by atoms with Crippen molar-refractivity contribution in [3.05, 3.63) is 58.1 Å². The number of amides is 1. The summed E-state index contributed by atoms with van der Waals surface area (Å²) < 4.78 is 30.7. The minimum atomic E-state index is -3.63. The van der Waals surface area contributed by atoms with Gasteiger partial charge in [0, 0.05) is 6.54 Å². The summed E-state index contributed by atoms with van der Waals surface area (Å²) in [5.74, 6) is 0.0383. The molecule has 0 bridgehead atoms. The van der Waals surface area contributed by atoms with Crippen LogP contribution in [-0.4, -0.2) is 38.0 Å². The summed E-state index contributed by atoms with van der Waals surface area (Å²) in [6, 6.07) is 11.8. The molecule has 0 aliphatic rings. The van der Waals surface area contributed by atoms with E-state index in [2.05, 4.69) is 5.32 Å². The number of carbonyl (C=O) groups excluding carboxylic acids is 1. The molecular formula is C18H20Cl2N2O4S. The highest BCUT2D eigenvalue weighted by atomic mass is 35.5. The normalized spacial score (nSPS) is 11.4. The Bertz CT molecular complexity index is 919. The SMILES string of the molecule is CCOc1ccccc1NC(=O)CN(Cc1ccc(Cl)c(Cl)c1)S(C)(=O)=O. The topological polar surface area (TPSA) is 75.7 Å². The average Bonchev–Trinajstić information content (AvgIpc) is 2.58. The Morgan fingerprint density at radius 3 is 2.48 bits per heavy atom. The second-order valence-corrected chi connectivity index (χ2v) is 8.55. The van der Waals surface area contributed by atoms with Crippen molar-refractivity contribution in [2.45, 2.75) is 13.5 Å². The molecule has 6 nitrogen and oxygen atoms in total. The average molecular weight is 431 g/mol. The second-order valence-electron chi connectivity index (χ2n) is 5.76. The van der Waals surface area contributed by atoms with Gasteiger partial charge in [0.25, 0.3) is 0 Å². The van der Waals surface area contributed by atoms with Crippen LogP contribution in [0.5, 0.6) is 5.75 Å². The summed E-state index contributed by atoms with van der Waals surface area (Å²) in [5, 5.41) is 3.38. The van der Waals surface area contributed by atoms with Gasteiger partial charge in [-0.3, -0.25) is 4.79 Å². The quantitative estimate of drug-likeness (QED) is 0.690. The van der Waals surface area contributed by atoms with E-state index in [1.807, 2.05) is 6.92 Å². The summed E-state index contributed by atoms with van der Waals surface area (Å²) in [4.78, 5) is 12.4. The van der Waals surface area contributed by atoms with E-state index in [4.69, 9.17) is 27.9 Å². The molecule has 1 N–H and O–H groups in total. The first-order chi connectivity index (χ1) is 12.7. The third kappa shape index (κ3) is 6.39. The van der Waals surface area contributed by atoms with Gasteiger partial charge in [0.05, 0.1) is 35.1 Å². The molecule has 0 heterocycles. The molecule has 2 aromatic rings. The van der Waals surface area contributed by atoms with Crippen molar-refractivity contribution >= 4 is 44.8 Å². The lowest BCUT2D eigenvalue weighted by Gasteiger charge is -2.20. The first-order valence-corrected chi connectivity index (χ1v) is 10.7. The van der Waals surface area contributed by atoms with Gasteiger partial charge in [-0.15, -0.1) is 0 Å². The fraction of sp³-hybridized carbons (Fsp3) is 0.278. The van der Waals surface area contributed by atoms with Gasteiger partial charge in [0.1, 0.15) is 5.75 Å². The van der Waals surface area contributed by atoms with Gasteiger partial charge < -0.3 is 10.1 Å². The lowest BCUT2D eigenvalue weighted by atomic mass is 10.2. The summed E-state index contributed by atoms with van der Waals surface area (Å²) in [5.41, 5.74) is 1.10. The number of sulfonamides is 1. The van der Waals surface area contributed by atoms with Crippen molar-refractivity contribution in [2.75, 3.05) is 24.7 Å². The lowest BCUT2D eigenvalue weighted by Crippen LogP contribution is -2.37. The Morgan fingerprint density at radius 2 is 1.85 bits per heavy atom. The van der Waals surface area contributed by atoms with E-state index in [9.17, 15) is 13.2 Å². The molecule has 0 atom stereocenters. The van der Waals surface area contributed by atoms with Crippen LogP contribution in [0.1, 0.15) is 12.5 Å². The molecule has 27 heavy (non-hydrogen) atoms. The molecule has 0 saturated carbocycles. The zero-order chi connectivity index (χ0) is 20.0. The highest BCUT2D eigenvalue weighted by Crippen LogP contribution is 2.25. The number of nitrogens with zero attached hydrogens (tertiary/aromatic N) is 1. The van der Waals surface area contributed by atoms with Crippen LogP contribution in [0.2, 0.25) is 10.0 Å². The Balaban J connectivity index is 2.14. The fourth-order valence-electron chi connectivity index (χ4n) is 2.33. The van der Waals surface area contributed by atoms with Crippen LogP contribution in [0.4, 0.5) is 5.69 Å². The van der Waals surface area contributed by atoms with E-state index >= 15 is 0 Å². The second kappa shape index (κ2) is 9.41. The number of ether oxygens (including phenoxy) is 1. The summed E-state index contributed by atoms with van der Waals surface area (Å²) >= 11 is 11.9. The van der Waals surface area contributed by atoms with Crippen LogP contribution in [0.25, 0.3) is 0 Å². The van der Waals surface area contributed by atoms with E-state index in [1.54, 1.807) is 42.5 Å². The molecule has 2 aromatic carbocycles. The lowest BCUT2D eigenvalue weighted by molar-refractivity contribution is -0.116. The van der Waals surface area contributed by atoms with Crippen LogP contribution >= 0.6 is 23.2 Å². The Hall–Kier alpha value is -1.80. The summed E-state index contributed by atoms with van der Waals surface area (Å²) in [6.45, 7) is 1.93. The predicted octanol–water partition coefficient (Wildman–Crippen LogP) is 3.79. The minimum Gasteiger partial charge on any atom is -0.492 e. The molecule has 2 rings (SSSR count). The van der Waals surface area contributed by atoms with Crippen molar-refractivity contribution in [1.29, 1.82) is 0 Å². The molecule has 0 aromatic heterocycles. The monoisotopic (exact) mass is 430 g/mol. The maximum Gasteiger partial charge on any atom is 0.239 e. The highest BCUT2D eigenvalue weighted by molar-refractivity contribution is 7.88. The number of hydrogen-bond donors (Lipinski definition) is 1. The van der Waals surface area contributed by atoms with Crippen molar-refractivity contribution < 1.29 is 17.9 Å².